The largest absolute Gasteiger partial charge is 0.476 e. The number of carboxylic acids is 1. The van der Waals surface area contributed by atoms with Gasteiger partial charge >= 0.3 is 5.97 Å². The van der Waals surface area contributed by atoms with Crippen LogP contribution in [0.3, 0.4) is 0 Å². The van der Waals surface area contributed by atoms with Gasteiger partial charge < -0.3 is 10.8 Å². The van der Waals surface area contributed by atoms with Crippen LogP contribution < -0.4 is 5.73 Å². The fourth-order valence-corrected chi connectivity index (χ4v) is 2.65. The van der Waals surface area contributed by atoms with Gasteiger partial charge in [-0.2, -0.15) is 10.3 Å². The number of carbonyl (C=O) groups is 2. The summed E-state index contributed by atoms with van der Waals surface area (Å²) in [5, 5.41) is 18.9. The molecule has 0 fully saturated rings. The van der Waals surface area contributed by atoms with E-state index in [1.165, 1.54) is 0 Å². The predicted octanol–water partition coefficient (Wildman–Crippen LogP) is 1.27. The molecule has 1 aromatic carbocycles. The molecular weight excluding hydrogens is 296 g/mol. The number of amides is 1. The summed E-state index contributed by atoms with van der Waals surface area (Å²) in [5.41, 5.74) is 5.89. The van der Waals surface area contributed by atoms with E-state index in [-0.39, 0.29) is 17.8 Å². The summed E-state index contributed by atoms with van der Waals surface area (Å²) in [5.74, 6) is -1.94. The van der Waals surface area contributed by atoms with Crippen molar-refractivity contribution in [3.63, 3.8) is 0 Å². The van der Waals surface area contributed by atoms with Crippen LogP contribution in [0.1, 0.15) is 28.2 Å². The molecule has 1 heterocycles. The van der Waals surface area contributed by atoms with Gasteiger partial charge in [-0.3, -0.25) is 4.79 Å². The Morgan fingerprint density at radius 3 is 2.52 bits per heavy atom. The van der Waals surface area contributed by atoms with Crippen molar-refractivity contribution in [3.05, 3.63) is 65.5 Å². The van der Waals surface area contributed by atoms with Gasteiger partial charge in [-0.1, -0.05) is 48.6 Å². The molecule has 7 heteroatoms. The van der Waals surface area contributed by atoms with Crippen molar-refractivity contribution < 1.29 is 14.7 Å². The SMILES string of the molecule is NC(=O)C1(c2n[nH]nc2C(=O)O)C=CC(c2ccccc2)=CC1. The molecule has 1 aliphatic rings. The van der Waals surface area contributed by atoms with Crippen LogP contribution in [0, 0.1) is 0 Å². The van der Waals surface area contributed by atoms with Crippen LogP contribution in [0.5, 0.6) is 0 Å². The van der Waals surface area contributed by atoms with Crippen LogP contribution >= 0.6 is 0 Å². The third-order valence-corrected chi connectivity index (χ3v) is 3.91. The minimum absolute atomic E-state index is 0.0251. The van der Waals surface area contributed by atoms with Crippen molar-refractivity contribution in [2.24, 2.45) is 5.73 Å². The molecule has 0 bridgehead atoms. The molecule has 1 amide bonds. The number of nitrogens with one attached hydrogen (secondary N) is 1. The third-order valence-electron chi connectivity index (χ3n) is 3.91. The van der Waals surface area contributed by atoms with Crippen molar-refractivity contribution in [1.29, 1.82) is 0 Å². The summed E-state index contributed by atoms with van der Waals surface area (Å²) < 4.78 is 0. The van der Waals surface area contributed by atoms with E-state index >= 15 is 0 Å². The van der Waals surface area contributed by atoms with E-state index in [2.05, 4.69) is 15.4 Å². The molecule has 1 unspecified atom stereocenters. The molecule has 0 aliphatic heterocycles. The van der Waals surface area contributed by atoms with Crippen LogP contribution in [-0.2, 0) is 10.2 Å². The summed E-state index contributed by atoms with van der Waals surface area (Å²) in [6.45, 7) is 0. The van der Waals surface area contributed by atoms with E-state index in [9.17, 15) is 14.7 Å². The molecule has 0 spiro atoms. The minimum Gasteiger partial charge on any atom is -0.476 e. The number of rotatable bonds is 4. The van der Waals surface area contributed by atoms with E-state index in [4.69, 9.17) is 5.73 Å². The third kappa shape index (κ3) is 2.42. The highest BCUT2D eigenvalue weighted by Gasteiger charge is 2.42. The number of H-pyrrole nitrogens is 1. The lowest BCUT2D eigenvalue weighted by Crippen LogP contribution is -2.41. The zero-order valence-corrected chi connectivity index (χ0v) is 12.1. The Morgan fingerprint density at radius 1 is 1.22 bits per heavy atom. The summed E-state index contributed by atoms with van der Waals surface area (Å²) in [6, 6.07) is 9.65. The number of carbonyl (C=O) groups excluding carboxylic acids is 1. The number of nitrogens with zero attached hydrogens (tertiary/aromatic N) is 2. The van der Waals surface area contributed by atoms with Gasteiger partial charge in [0.15, 0.2) is 5.69 Å². The lowest BCUT2D eigenvalue weighted by Gasteiger charge is -2.27. The Morgan fingerprint density at radius 2 is 1.96 bits per heavy atom. The number of hydrogen-bond acceptors (Lipinski definition) is 4. The fraction of sp³-hybridized carbons (Fsp3) is 0.125. The maximum atomic E-state index is 12.1. The number of carboxylic acid groups (broad SMARTS) is 1. The summed E-state index contributed by atoms with van der Waals surface area (Å²) in [6.07, 6.45) is 5.42. The lowest BCUT2D eigenvalue weighted by atomic mass is 9.75. The summed E-state index contributed by atoms with van der Waals surface area (Å²) in [4.78, 5) is 23.3. The molecule has 1 aromatic heterocycles. The molecule has 23 heavy (non-hydrogen) atoms. The molecular formula is C16H14N4O3. The molecule has 7 nitrogen and oxygen atoms in total. The van der Waals surface area contributed by atoms with Crippen molar-refractivity contribution in [2.45, 2.75) is 11.8 Å². The van der Waals surface area contributed by atoms with Gasteiger partial charge in [0.2, 0.25) is 5.91 Å². The predicted molar refractivity (Wildman–Crippen MR) is 82.4 cm³/mol. The Labute approximate surface area is 131 Å². The quantitative estimate of drug-likeness (QED) is 0.785. The van der Waals surface area contributed by atoms with E-state index in [0.717, 1.165) is 11.1 Å². The number of hydrogen-bond donors (Lipinski definition) is 3. The van der Waals surface area contributed by atoms with E-state index in [0.29, 0.717) is 0 Å². The highest BCUT2D eigenvalue weighted by Crippen LogP contribution is 2.36. The molecule has 116 valence electrons. The Hall–Kier alpha value is -3.22. The van der Waals surface area contributed by atoms with Crippen molar-refractivity contribution in [2.75, 3.05) is 0 Å². The van der Waals surface area contributed by atoms with Crippen LogP contribution in [0.15, 0.2) is 48.6 Å². The number of aromatic nitrogens is 3. The van der Waals surface area contributed by atoms with Gasteiger partial charge in [0.1, 0.15) is 11.1 Å². The first-order chi connectivity index (χ1) is 11.0. The molecule has 0 radical (unpaired) electrons. The first-order valence-electron chi connectivity index (χ1n) is 6.94. The van der Waals surface area contributed by atoms with Gasteiger partial charge in [0, 0.05) is 0 Å². The zero-order valence-electron chi connectivity index (χ0n) is 12.1. The number of aromatic carboxylic acids is 1. The maximum Gasteiger partial charge on any atom is 0.358 e. The molecule has 1 atom stereocenters. The van der Waals surface area contributed by atoms with Crippen LogP contribution in [0.4, 0.5) is 0 Å². The van der Waals surface area contributed by atoms with Crippen LogP contribution in [-0.4, -0.2) is 32.4 Å². The molecule has 1 aliphatic carbocycles. The second-order valence-electron chi connectivity index (χ2n) is 5.22. The normalized spacial score (nSPS) is 20.1. The number of nitrogens with two attached hydrogens (primary N) is 1. The average Bonchev–Trinajstić information content (AvgIpc) is 3.06. The van der Waals surface area contributed by atoms with Gasteiger partial charge in [-0.25, -0.2) is 4.79 Å². The minimum atomic E-state index is -1.32. The second kappa shape index (κ2) is 5.53. The highest BCUT2D eigenvalue weighted by atomic mass is 16.4. The highest BCUT2D eigenvalue weighted by molar-refractivity contribution is 5.96. The second-order valence-corrected chi connectivity index (χ2v) is 5.22. The molecule has 0 saturated heterocycles. The van der Waals surface area contributed by atoms with Crippen molar-refractivity contribution >= 4 is 17.4 Å². The fourth-order valence-electron chi connectivity index (χ4n) is 2.65. The zero-order chi connectivity index (χ0) is 16.4. The van der Waals surface area contributed by atoms with Crippen molar-refractivity contribution in [1.82, 2.24) is 15.4 Å². The number of benzene rings is 1. The molecule has 2 aromatic rings. The Kier molecular flexibility index (Phi) is 3.53. The van der Waals surface area contributed by atoms with Gasteiger partial charge in [0.25, 0.3) is 0 Å². The first-order valence-corrected chi connectivity index (χ1v) is 6.94. The molecule has 3 rings (SSSR count). The van der Waals surface area contributed by atoms with E-state index < -0.39 is 17.3 Å². The topological polar surface area (TPSA) is 122 Å². The van der Waals surface area contributed by atoms with Crippen molar-refractivity contribution in [3.8, 4) is 0 Å². The maximum absolute atomic E-state index is 12.1. The van der Waals surface area contributed by atoms with Gasteiger partial charge in [-0.05, 0) is 17.6 Å². The molecule has 4 N–H and O–H groups in total. The summed E-state index contributed by atoms with van der Waals surface area (Å²) in [7, 11) is 0. The van der Waals surface area contributed by atoms with E-state index in [1.807, 2.05) is 36.4 Å². The van der Waals surface area contributed by atoms with Gasteiger partial charge in [0.05, 0.1) is 0 Å². The van der Waals surface area contributed by atoms with Crippen LogP contribution in [0.2, 0.25) is 0 Å². The van der Waals surface area contributed by atoms with Crippen LogP contribution in [0.25, 0.3) is 5.57 Å². The smallest absolute Gasteiger partial charge is 0.358 e. The standard InChI is InChI=1S/C16H14N4O3/c17-15(23)16(13-12(14(21)22)18-20-19-13)8-6-11(7-9-16)10-4-2-1-3-5-10/h1-8H,9H2,(H2,17,23)(H,21,22)(H,18,19,20). The summed E-state index contributed by atoms with van der Waals surface area (Å²) >= 11 is 0. The van der Waals surface area contributed by atoms with E-state index in [1.54, 1.807) is 12.2 Å². The molecule has 0 saturated carbocycles. The number of aromatic amines is 1. The Bertz CT molecular complexity index is 823. The number of allylic oxidation sites excluding steroid dienone is 3. The Balaban J connectivity index is 2.02. The lowest BCUT2D eigenvalue weighted by molar-refractivity contribution is -0.122. The first kappa shape index (κ1) is 14.7. The average molecular weight is 310 g/mol. The van der Waals surface area contributed by atoms with Gasteiger partial charge in [-0.15, -0.1) is 5.10 Å². The monoisotopic (exact) mass is 310 g/mol. The number of primary amides is 1.